The summed E-state index contributed by atoms with van der Waals surface area (Å²) in [7, 11) is 1.29. The first-order valence-corrected chi connectivity index (χ1v) is 10.4. The molecule has 1 N–H and O–H groups in total. The fourth-order valence-electron chi connectivity index (χ4n) is 2.76. The molecular weight excluding hydrogens is 435 g/mol. The van der Waals surface area contributed by atoms with Gasteiger partial charge in [-0.1, -0.05) is 41.0 Å². The molecule has 29 heavy (non-hydrogen) atoms. The standard InChI is InChI=1S/C20H18Cl2N2O4S/c1-11(25)9-24-18(26)15-6-4-12(19(27)28-2)7-17(15)23-20(24)29-10-13-3-5-14(21)8-16(13)22/h3-8,11,25H,9-10H2,1-2H3/t11-/m0/s1. The number of aliphatic hydroxyl groups is 1. The molecule has 0 radical (unpaired) electrons. The lowest BCUT2D eigenvalue weighted by atomic mass is 10.1. The number of hydrogen-bond acceptors (Lipinski definition) is 6. The molecule has 0 spiro atoms. The van der Waals surface area contributed by atoms with Gasteiger partial charge in [-0.25, -0.2) is 9.78 Å². The summed E-state index contributed by atoms with van der Waals surface area (Å²) in [5.74, 6) is -0.0613. The van der Waals surface area contributed by atoms with Crippen molar-refractivity contribution in [2.45, 2.75) is 30.5 Å². The third kappa shape index (κ3) is 4.93. The molecule has 6 nitrogen and oxygen atoms in total. The van der Waals surface area contributed by atoms with Crippen molar-refractivity contribution >= 4 is 51.8 Å². The second kappa shape index (κ2) is 9.17. The fourth-order valence-corrected chi connectivity index (χ4v) is 4.33. The Morgan fingerprint density at radius 2 is 2.03 bits per heavy atom. The Morgan fingerprint density at radius 3 is 2.69 bits per heavy atom. The number of carbonyl (C=O) groups is 1. The summed E-state index contributed by atoms with van der Waals surface area (Å²) in [4.78, 5) is 29.4. The third-order valence-electron chi connectivity index (χ3n) is 4.16. The summed E-state index contributed by atoms with van der Waals surface area (Å²) < 4.78 is 6.17. The van der Waals surface area contributed by atoms with Crippen LogP contribution >= 0.6 is 35.0 Å². The monoisotopic (exact) mass is 452 g/mol. The fraction of sp³-hybridized carbons (Fsp3) is 0.250. The molecule has 0 aliphatic heterocycles. The highest BCUT2D eigenvalue weighted by Gasteiger charge is 2.16. The molecule has 152 valence electrons. The predicted octanol–water partition coefficient (Wildman–Crippen LogP) is 4.16. The van der Waals surface area contributed by atoms with E-state index in [9.17, 15) is 14.7 Å². The number of aromatic nitrogens is 2. The predicted molar refractivity (Wildman–Crippen MR) is 115 cm³/mol. The van der Waals surface area contributed by atoms with Crippen molar-refractivity contribution in [2.24, 2.45) is 0 Å². The molecule has 0 bridgehead atoms. The van der Waals surface area contributed by atoms with E-state index in [0.29, 0.717) is 37.4 Å². The zero-order chi connectivity index (χ0) is 21.1. The largest absolute Gasteiger partial charge is 0.465 e. The summed E-state index contributed by atoms with van der Waals surface area (Å²) in [6, 6.07) is 9.78. The molecule has 0 fully saturated rings. The third-order valence-corrected chi connectivity index (χ3v) is 5.77. The van der Waals surface area contributed by atoms with Crippen molar-refractivity contribution in [3.63, 3.8) is 0 Å². The average molecular weight is 453 g/mol. The molecule has 0 saturated carbocycles. The van der Waals surface area contributed by atoms with Crippen LogP contribution in [0.25, 0.3) is 10.9 Å². The van der Waals surface area contributed by atoms with Gasteiger partial charge in [-0.3, -0.25) is 9.36 Å². The molecule has 1 atom stereocenters. The molecule has 2 aromatic carbocycles. The number of thioether (sulfide) groups is 1. The Balaban J connectivity index is 2.06. The summed E-state index contributed by atoms with van der Waals surface area (Å²) in [5.41, 5.74) is 1.22. The second-order valence-electron chi connectivity index (χ2n) is 6.41. The van der Waals surface area contributed by atoms with Crippen LogP contribution in [0.15, 0.2) is 46.3 Å². The van der Waals surface area contributed by atoms with E-state index >= 15 is 0 Å². The van der Waals surface area contributed by atoms with E-state index in [4.69, 9.17) is 27.9 Å². The number of ether oxygens (including phenoxy) is 1. The number of hydrogen-bond donors (Lipinski definition) is 1. The zero-order valence-corrected chi connectivity index (χ0v) is 18.0. The topological polar surface area (TPSA) is 81.4 Å². The van der Waals surface area contributed by atoms with Gasteiger partial charge in [-0.05, 0) is 42.8 Å². The van der Waals surface area contributed by atoms with E-state index in [1.807, 2.05) is 6.07 Å². The molecule has 9 heteroatoms. The maximum atomic E-state index is 13.0. The SMILES string of the molecule is COC(=O)c1ccc2c(=O)n(C[C@H](C)O)c(SCc3ccc(Cl)cc3Cl)nc2c1. The van der Waals surface area contributed by atoms with Crippen LogP contribution in [0.1, 0.15) is 22.8 Å². The summed E-state index contributed by atoms with van der Waals surface area (Å²) in [6.45, 7) is 1.69. The number of rotatable bonds is 6. The highest BCUT2D eigenvalue weighted by molar-refractivity contribution is 7.98. The number of aliphatic hydroxyl groups excluding tert-OH is 1. The van der Waals surface area contributed by atoms with E-state index in [1.54, 1.807) is 25.1 Å². The summed E-state index contributed by atoms with van der Waals surface area (Å²) in [5, 5.41) is 11.7. The maximum absolute atomic E-state index is 13.0. The van der Waals surface area contributed by atoms with Crippen molar-refractivity contribution in [1.82, 2.24) is 9.55 Å². The van der Waals surface area contributed by atoms with Crippen LogP contribution < -0.4 is 5.56 Å². The van der Waals surface area contributed by atoms with Crippen LogP contribution in [0.3, 0.4) is 0 Å². The minimum absolute atomic E-state index is 0.0945. The molecule has 0 aliphatic rings. The number of nitrogens with zero attached hydrogens (tertiary/aromatic N) is 2. The number of halogens is 2. The Morgan fingerprint density at radius 1 is 1.28 bits per heavy atom. The number of esters is 1. The Hall–Kier alpha value is -2.06. The van der Waals surface area contributed by atoms with E-state index in [0.717, 1.165) is 5.56 Å². The molecule has 0 unspecified atom stereocenters. The second-order valence-corrected chi connectivity index (χ2v) is 8.19. The van der Waals surface area contributed by atoms with Crippen LogP contribution in [-0.4, -0.2) is 33.8 Å². The van der Waals surface area contributed by atoms with Gasteiger partial charge in [0, 0.05) is 15.8 Å². The molecule has 1 aromatic heterocycles. The van der Waals surface area contributed by atoms with Crippen LogP contribution in [0.4, 0.5) is 0 Å². The minimum Gasteiger partial charge on any atom is -0.465 e. The van der Waals surface area contributed by atoms with Crippen molar-refractivity contribution in [3.8, 4) is 0 Å². The lowest BCUT2D eigenvalue weighted by Crippen LogP contribution is -2.28. The van der Waals surface area contributed by atoms with Crippen molar-refractivity contribution in [3.05, 3.63) is 67.9 Å². The Bertz CT molecular complexity index is 1130. The molecular formula is C20H18Cl2N2O4S. The van der Waals surface area contributed by atoms with E-state index in [2.05, 4.69) is 4.98 Å². The Labute approximate surface area is 181 Å². The van der Waals surface area contributed by atoms with Gasteiger partial charge in [0.2, 0.25) is 0 Å². The van der Waals surface area contributed by atoms with Crippen LogP contribution in [0, 0.1) is 0 Å². The zero-order valence-electron chi connectivity index (χ0n) is 15.7. The first-order valence-electron chi connectivity index (χ1n) is 8.68. The first-order chi connectivity index (χ1) is 13.8. The summed E-state index contributed by atoms with van der Waals surface area (Å²) in [6.07, 6.45) is -0.736. The van der Waals surface area contributed by atoms with Gasteiger partial charge in [-0.15, -0.1) is 0 Å². The number of carbonyl (C=O) groups excluding carboxylic acids is 1. The van der Waals surface area contributed by atoms with Crippen molar-refractivity contribution in [1.29, 1.82) is 0 Å². The molecule has 0 saturated heterocycles. The Kier molecular flexibility index (Phi) is 6.85. The minimum atomic E-state index is -0.736. The number of methoxy groups -OCH3 is 1. The lowest BCUT2D eigenvalue weighted by Gasteiger charge is -2.15. The van der Waals surface area contributed by atoms with Crippen LogP contribution in [-0.2, 0) is 17.0 Å². The highest BCUT2D eigenvalue weighted by atomic mass is 35.5. The van der Waals surface area contributed by atoms with Gasteiger partial charge in [-0.2, -0.15) is 0 Å². The van der Waals surface area contributed by atoms with Gasteiger partial charge in [0.05, 0.1) is 36.2 Å². The molecule has 1 heterocycles. The number of benzene rings is 2. The average Bonchev–Trinajstić information content (AvgIpc) is 2.68. The van der Waals surface area contributed by atoms with Crippen molar-refractivity contribution in [2.75, 3.05) is 7.11 Å². The van der Waals surface area contributed by atoms with Gasteiger partial charge in [0.25, 0.3) is 5.56 Å². The highest BCUT2D eigenvalue weighted by Crippen LogP contribution is 2.28. The lowest BCUT2D eigenvalue weighted by molar-refractivity contribution is 0.0601. The summed E-state index contributed by atoms with van der Waals surface area (Å²) >= 11 is 13.5. The normalized spacial score (nSPS) is 12.2. The quantitative estimate of drug-likeness (QED) is 0.343. The van der Waals surface area contributed by atoms with E-state index in [1.165, 1.54) is 35.6 Å². The molecule has 3 aromatic rings. The molecule has 0 aliphatic carbocycles. The van der Waals surface area contributed by atoms with Crippen LogP contribution in [0.2, 0.25) is 10.0 Å². The number of fused-ring (bicyclic) bond motifs is 1. The van der Waals surface area contributed by atoms with Crippen LogP contribution in [0.5, 0.6) is 0 Å². The van der Waals surface area contributed by atoms with Crippen molar-refractivity contribution < 1.29 is 14.6 Å². The maximum Gasteiger partial charge on any atom is 0.337 e. The first kappa shape index (κ1) is 21.6. The van der Waals surface area contributed by atoms with Gasteiger partial charge >= 0.3 is 5.97 Å². The van der Waals surface area contributed by atoms with Gasteiger partial charge in [0.15, 0.2) is 5.16 Å². The van der Waals surface area contributed by atoms with E-state index < -0.39 is 12.1 Å². The smallest absolute Gasteiger partial charge is 0.337 e. The molecule has 0 amide bonds. The van der Waals surface area contributed by atoms with Gasteiger partial charge in [0.1, 0.15) is 0 Å². The molecule has 3 rings (SSSR count). The van der Waals surface area contributed by atoms with E-state index in [-0.39, 0.29) is 12.1 Å². The van der Waals surface area contributed by atoms with Gasteiger partial charge < -0.3 is 9.84 Å².